The van der Waals surface area contributed by atoms with Gasteiger partial charge in [-0.25, -0.2) is 4.79 Å². The Morgan fingerprint density at radius 3 is 2.48 bits per heavy atom. The summed E-state index contributed by atoms with van der Waals surface area (Å²) in [6.45, 7) is 5.10. The lowest BCUT2D eigenvalue weighted by molar-refractivity contribution is -0.146. The Balaban J connectivity index is 1.73. The van der Waals surface area contributed by atoms with Crippen molar-refractivity contribution in [3.8, 4) is 17.2 Å². The Kier molecular flexibility index (Phi) is 7.71. The molecule has 1 aromatic heterocycles. The highest BCUT2D eigenvalue weighted by atomic mass is 16.5. The van der Waals surface area contributed by atoms with Gasteiger partial charge in [0.25, 0.3) is 5.91 Å². The molecule has 0 aliphatic carbocycles. The molecule has 3 aromatic rings. The lowest BCUT2D eigenvalue weighted by Crippen LogP contribution is -2.47. The van der Waals surface area contributed by atoms with Gasteiger partial charge in [-0.1, -0.05) is 38.5 Å². The van der Waals surface area contributed by atoms with E-state index >= 15 is 0 Å². The summed E-state index contributed by atoms with van der Waals surface area (Å²) in [6.07, 6.45) is 0.694. The van der Waals surface area contributed by atoms with E-state index in [-0.39, 0.29) is 23.7 Å². The van der Waals surface area contributed by atoms with Crippen LogP contribution in [-0.2, 0) is 14.3 Å². The average Bonchev–Trinajstić information content (AvgIpc) is 2.83. The first-order valence-corrected chi connectivity index (χ1v) is 10.6. The fraction of sp³-hybridized carbons (Fsp3) is 0.320. The van der Waals surface area contributed by atoms with Gasteiger partial charge in [0.15, 0.2) is 6.61 Å². The summed E-state index contributed by atoms with van der Waals surface area (Å²) in [4.78, 5) is 37.2. The van der Waals surface area contributed by atoms with Crippen molar-refractivity contribution in [3.05, 3.63) is 64.5 Å². The van der Waals surface area contributed by atoms with E-state index in [0.29, 0.717) is 34.6 Å². The van der Waals surface area contributed by atoms with E-state index in [1.165, 1.54) is 13.2 Å². The number of aryl methyl sites for hydroxylation is 1. The molecule has 0 spiro atoms. The molecule has 2 aromatic carbocycles. The number of benzene rings is 2. The highest BCUT2D eigenvalue weighted by molar-refractivity contribution is 5.85. The number of para-hydroxylation sites is 1. The maximum atomic E-state index is 12.9. The van der Waals surface area contributed by atoms with Crippen molar-refractivity contribution >= 4 is 22.8 Å². The molecule has 0 saturated heterocycles. The number of ether oxygens (including phenoxy) is 3. The second-order valence-corrected chi connectivity index (χ2v) is 7.63. The second-order valence-electron chi connectivity index (χ2n) is 7.63. The zero-order valence-corrected chi connectivity index (χ0v) is 19.0. The van der Waals surface area contributed by atoms with Crippen molar-refractivity contribution in [2.24, 2.45) is 5.92 Å². The quantitative estimate of drug-likeness (QED) is 0.489. The Morgan fingerprint density at radius 2 is 1.82 bits per heavy atom. The number of hydrogen-bond acceptors (Lipinski definition) is 7. The molecule has 1 amide bonds. The molecule has 8 nitrogen and oxygen atoms in total. The first-order chi connectivity index (χ1) is 15.8. The predicted octanol–water partition coefficient (Wildman–Crippen LogP) is 3.98. The van der Waals surface area contributed by atoms with Crippen LogP contribution in [0.3, 0.4) is 0 Å². The molecule has 33 heavy (non-hydrogen) atoms. The molecule has 2 atom stereocenters. The summed E-state index contributed by atoms with van der Waals surface area (Å²) >= 11 is 0. The van der Waals surface area contributed by atoms with Gasteiger partial charge in [0, 0.05) is 6.07 Å². The van der Waals surface area contributed by atoms with E-state index in [9.17, 15) is 14.4 Å². The zero-order valence-electron chi connectivity index (χ0n) is 19.0. The van der Waals surface area contributed by atoms with Gasteiger partial charge >= 0.3 is 5.97 Å². The van der Waals surface area contributed by atoms with E-state index in [4.69, 9.17) is 18.6 Å². The molecular formula is C25H27NO7. The Hall–Kier alpha value is -3.81. The van der Waals surface area contributed by atoms with Gasteiger partial charge in [0.05, 0.1) is 12.5 Å². The van der Waals surface area contributed by atoms with Crippen LogP contribution in [0.15, 0.2) is 57.7 Å². The summed E-state index contributed by atoms with van der Waals surface area (Å²) in [5, 5.41) is 2.97. The van der Waals surface area contributed by atoms with Gasteiger partial charge < -0.3 is 23.9 Å². The lowest BCUT2D eigenvalue weighted by Gasteiger charge is -2.21. The molecular weight excluding hydrogens is 426 g/mol. The van der Waals surface area contributed by atoms with Gasteiger partial charge in [0.1, 0.15) is 28.9 Å². The van der Waals surface area contributed by atoms with E-state index in [1.807, 2.05) is 32.0 Å². The standard InChI is InChI=1S/C25H27NO7/c1-5-15(2)22(25(29)30-4)26-21(27)14-31-18-11-12-19-20(13-18)32-16(3)24(23(19)28)33-17-9-7-6-8-10-17/h6-13,15,22H,5,14H2,1-4H3,(H,26,27)/t15-,22-/m0/s1. The minimum atomic E-state index is -0.753. The van der Waals surface area contributed by atoms with Crippen molar-refractivity contribution in [2.45, 2.75) is 33.2 Å². The van der Waals surface area contributed by atoms with Crippen molar-refractivity contribution in [3.63, 3.8) is 0 Å². The SMILES string of the molecule is CC[C@H](C)[C@H](NC(=O)COc1ccc2c(=O)c(Oc3ccccc3)c(C)oc2c1)C(=O)OC. The summed E-state index contributed by atoms with van der Waals surface area (Å²) < 4.78 is 21.8. The van der Waals surface area contributed by atoms with E-state index in [1.54, 1.807) is 31.2 Å². The van der Waals surface area contributed by atoms with Gasteiger partial charge in [-0.15, -0.1) is 0 Å². The summed E-state index contributed by atoms with van der Waals surface area (Å²) in [7, 11) is 1.28. The van der Waals surface area contributed by atoms with Gasteiger partial charge in [0.2, 0.25) is 11.2 Å². The van der Waals surface area contributed by atoms with Crippen LogP contribution in [0, 0.1) is 12.8 Å². The first kappa shape index (κ1) is 23.8. The third-order valence-corrected chi connectivity index (χ3v) is 5.30. The smallest absolute Gasteiger partial charge is 0.328 e. The minimum absolute atomic E-state index is 0.0911. The monoisotopic (exact) mass is 453 g/mol. The Bertz CT molecular complexity index is 1190. The highest BCUT2D eigenvalue weighted by Crippen LogP contribution is 2.27. The number of rotatable bonds is 9. The molecule has 0 saturated carbocycles. The fourth-order valence-electron chi connectivity index (χ4n) is 3.24. The number of nitrogens with one attached hydrogen (secondary N) is 1. The van der Waals surface area contributed by atoms with Crippen molar-refractivity contribution in [2.75, 3.05) is 13.7 Å². The Labute approximate surface area is 191 Å². The van der Waals surface area contributed by atoms with Crippen LogP contribution in [0.5, 0.6) is 17.2 Å². The summed E-state index contributed by atoms with van der Waals surface area (Å²) in [5.41, 5.74) is -0.000712. The number of carbonyl (C=O) groups excluding carboxylic acids is 2. The topological polar surface area (TPSA) is 104 Å². The maximum absolute atomic E-state index is 12.9. The van der Waals surface area contributed by atoms with Crippen molar-refractivity contribution < 1.29 is 28.2 Å². The molecule has 1 heterocycles. The normalized spacial score (nSPS) is 12.6. The van der Waals surface area contributed by atoms with E-state index in [0.717, 1.165) is 0 Å². The van der Waals surface area contributed by atoms with Crippen molar-refractivity contribution in [1.82, 2.24) is 5.32 Å². The minimum Gasteiger partial charge on any atom is -0.484 e. The molecule has 0 radical (unpaired) electrons. The fourth-order valence-corrected chi connectivity index (χ4v) is 3.24. The molecule has 174 valence electrons. The Morgan fingerprint density at radius 1 is 1.09 bits per heavy atom. The summed E-state index contributed by atoms with van der Waals surface area (Å²) in [6, 6.07) is 12.9. The predicted molar refractivity (Wildman–Crippen MR) is 123 cm³/mol. The van der Waals surface area contributed by atoms with Gasteiger partial charge in [-0.3, -0.25) is 9.59 Å². The molecule has 0 unspecified atom stereocenters. The zero-order chi connectivity index (χ0) is 24.0. The van der Waals surface area contributed by atoms with Crippen LogP contribution in [0.2, 0.25) is 0 Å². The largest absolute Gasteiger partial charge is 0.484 e. The third kappa shape index (κ3) is 5.71. The number of methoxy groups -OCH3 is 1. The molecule has 0 fully saturated rings. The molecule has 0 aliphatic heterocycles. The van der Waals surface area contributed by atoms with Crippen molar-refractivity contribution in [1.29, 1.82) is 0 Å². The lowest BCUT2D eigenvalue weighted by atomic mass is 9.99. The number of hydrogen-bond donors (Lipinski definition) is 1. The second kappa shape index (κ2) is 10.7. The van der Waals surface area contributed by atoms with Gasteiger partial charge in [-0.2, -0.15) is 0 Å². The van der Waals surface area contributed by atoms with Crippen LogP contribution in [0.1, 0.15) is 26.0 Å². The summed E-state index contributed by atoms with van der Waals surface area (Å²) in [5.74, 6) is 0.244. The van der Waals surface area contributed by atoms with Crippen LogP contribution in [-0.4, -0.2) is 31.6 Å². The average molecular weight is 453 g/mol. The van der Waals surface area contributed by atoms with E-state index < -0.39 is 17.9 Å². The molecule has 0 aliphatic rings. The molecule has 0 bridgehead atoms. The molecule has 1 N–H and O–H groups in total. The first-order valence-electron chi connectivity index (χ1n) is 10.6. The third-order valence-electron chi connectivity index (χ3n) is 5.30. The van der Waals surface area contributed by atoms with Crippen LogP contribution in [0.25, 0.3) is 11.0 Å². The maximum Gasteiger partial charge on any atom is 0.328 e. The van der Waals surface area contributed by atoms with Gasteiger partial charge in [-0.05, 0) is 37.1 Å². The number of carbonyl (C=O) groups is 2. The number of esters is 1. The van der Waals surface area contributed by atoms with E-state index in [2.05, 4.69) is 5.32 Å². The molecule has 3 rings (SSSR count). The van der Waals surface area contributed by atoms with Crippen LogP contribution < -0.4 is 20.2 Å². The van der Waals surface area contributed by atoms with Crippen LogP contribution in [0.4, 0.5) is 0 Å². The van der Waals surface area contributed by atoms with Crippen LogP contribution >= 0.6 is 0 Å². The number of amides is 1. The highest BCUT2D eigenvalue weighted by Gasteiger charge is 2.26. The molecule has 8 heteroatoms. The number of fused-ring (bicyclic) bond motifs is 1.